The van der Waals surface area contributed by atoms with E-state index in [0.29, 0.717) is 45.2 Å². The molecule has 0 aliphatic carbocycles. The molecular formula is C31H24BrN5O3. The summed E-state index contributed by atoms with van der Waals surface area (Å²) in [5.41, 5.74) is 4.52. The van der Waals surface area contributed by atoms with E-state index in [-0.39, 0.29) is 0 Å². The van der Waals surface area contributed by atoms with Crippen LogP contribution in [0.15, 0.2) is 92.8 Å². The second kappa shape index (κ2) is 9.60. The maximum atomic E-state index is 13.6. The van der Waals surface area contributed by atoms with Crippen LogP contribution >= 0.6 is 15.9 Å². The van der Waals surface area contributed by atoms with E-state index in [2.05, 4.69) is 63.9 Å². The summed E-state index contributed by atoms with van der Waals surface area (Å²) < 4.78 is 14.7. The van der Waals surface area contributed by atoms with Crippen LogP contribution in [0.2, 0.25) is 0 Å². The number of hydrogen-bond donors (Lipinski definition) is 0. The molecule has 7 rings (SSSR count). The number of anilines is 1. The number of para-hydroxylation sites is 1. The lowest BCUT2D eigenvalue weighted by atomic mass is 9.84. The number of aromatic nitrogens is 4. The Morgan fingerprint density at radius 3 is 2.48 bits per heavy atom. The molecule has 1 unspecified atom stereocenters. The molecule has 8 nitrogen and oxygen atoms in total. The number of ether oxygens (including phenoxy) is 1. The molecule has 198 valence electrons. The lowest BCUT2D eigenvalue weighted by molar-refractivity contribution is 0.422. The first-order valence-corrected chi connectivity index (χ1v) is 13.9. The van der Waals surface area contributed by atoms with E-state index in [0.717, 1.165) is 34.4 Å². The number of fused-ring (bicyclic) bond motifs is 6. The molecule has 0 bridgehead atoms. The van der Waals surface area contributed by atoms with Crippen molar-refractivity contribution in [3.05, 3.63) is 111 Å². The van der Waals surface area contributed by atoms with Crippen molar-refractivity contribution < 1.29 is 9.15 Å². The van der Waals surface area contributed by atoms with Gasteiger partial charge < -0.3 is 14.1 Å². The molecule has 3 aromatic carbocycles. The fourth-order valence-corrected chi connectivity index (χ4v) is 5.95. The van der Waals surface area contributed by atoms with Gasteiger partial charge in [0.2, 0.25) is 5.88 Å². The molecule has 0 saturated carbocycles. The molecule has 40 heavy (non-hydrogen) atoms. The van der Waals surface area contributed by atoms with Crippen LogP contribution in [-0.4, -0.2) is 32.7 Å². The predicted molar refractivity (Wildman–Crippen MR) is 157 cm³/mol. The minimum atomic E-state index is -0.530. The molecule has 0 amide bonds. The zero-order valence-corrected chi connectivity index (χ0v) is 23.4. The maximum absolute atomic E-state index is 13.6. The third kappa shape index (κ3) is 3.80. The summed E-state index contributed by atoms with van der Waals surface area (Å²) in [6.45, 7) is 6.07. The Morgan fingerprint density at radius 2 is 1.70 bits per heavy atom. The summed E-state index contributed by atoms with van der Waals surface area (Å²) in [6.07, 6.45) is 1.60. The van der Waals surface area contributed by atoms with E-state index in [1.165, 1.54) is 0 Å². The fraction of sp³-hybridized carbons (Fsp3) is 0.161. The summed E-state index contributed by atoms with van der Waals surface area (Å²) in [6, 6.07) is 23.5. The molecular weight excluding hydrogens is 570 g/mol. The Balaban J connectivity index is 1.50. The van der Waals surface area contributed by atoms with Crippen molar-refractivity contribution in [2.24, 2.45) is 0 Å². The van der Waals surface area contributed by atoms with Gasteiger partial charge in [-0.2, -0.15) is 0 Å². The Kier molecular flexibility index (Phi) is 5.89. The van der Waals surface area contributed by atoms with Gasteiger partial charge in [-0.05, 0) is 55.8 Å². The van der Waals surface area contributed by atoms with Crippen LogP contribution in [0.1, 0.15) is 36.5 Å². The van der Waals surface area contributed by atoms with Gasteiger partial charge >= 0.3 is 5.63 Å². The Labute approximate surface area is 238 Å². The van der Waals surface area contributed by atoms with Gasteiger partial charge in [0.05, 0.1) is 22.4 Å². The lowest BCUT2D eigenvalue weighted by Crippen LogP contribution is -2.23. The van der Waals surface area contributed by atoms with E-state index in [1.54, 1.807) is 16.9 Å². The van der Waals surface area contributed by atoms with Crippen molar-refractivity contribution in [3.63, 3.8) is 0 Å². The van der Waals surface area contributed by atoms with E-state index >= 15 is 0 Å². The zero-order chi connectivity index (χ0) is 27.4. The number of nitrogens with zero attached hydrogens (tertiary/aromatic N) is 5. The molecule has 0 saturated heterocycles. The second-order valence-electron chi connectivity index (χ2n) is 9.57. The van der Waals surface area contributed by atoms with Crippen molar-refractivity contribution in [2.75, 3.05) is 18.0 Å². The Morgan fingerprint density at radius 1 is 0.950 bits per heavy atom. The normalized spacial score (nSPS) is 14.1. The number of benzene rings is 3. The van der Waals surface area contributed by atoms with Crippen LogP contribution < -0.4 is 15.3 Å². The van der Waals surface area contributed by atoms with Crippen LogP contribution in [0.4, 0.5) is 5.69 Å². The van der Waals surface area contributed by atoms with E-state index in [4.69, 9.17) is 19.2 Å². The minimum absolute atomic E-state index is 0.389. The first kappa shape index (κ1) is 24.5. The van der Waals surface area contributed by atoms with E-state index < -0.39 is 11.5 Å². The highest BCUT2D eigenvalue weighted by atomic mass is 79.9. The van der Waals surface area contributed by atoms with Crippen molar-refractivity contribution in [1.82, 2.24) is 19.6 Å². The summed E-state index contributed by atoms with van der Waals surface area (Å²) in [5.74, 6) is 0.853. The van der Waals surface area contributed by atoms with Crippen LogP contribution in [-0.2, 0) is 0 Å². The van der Waals surface area contributed by atoms with Gasteiger partial charge in [0.25, 0.3) is 0 Å². The van der Waals surface area contributed by atoms with Gasteiger partial charge in [0, 0.05) is 28.8 Å². The highest BCUT2D eigenvalue weighted by Gasteiger charge is 2.37. The maximum Gasteiger partial charge on any atom is 0.344 e. The molecule has 3 aromatic heterocycles. The van der Waals surface area contributed by atoms with Gasteiger partial charge in [-0.15, -0.1) is 5.10 Å². The highest BCUT2D eigenvalue weighted by molar-refractivity contribution is 9.10. The van der Waals surface area contributed by atoms with Gasteiger partial charge in [-0.3, -0.25) is 0 Å². The monoisotopic (exact) mass is 593 g/mol. The average molecular weight is 594 g/mol. The van der Waals surface area contributed by atoms with Crippen LogP contribution in [0.5, 0.6) is 11.6 Å². The van der Waals surface area contributed by atoms with Crippen LogP contribution in [0.3, 0.4) is 0 Å². The molecule has 0 spiro atoms. The van der Waals surface area contributed by atoms with E-state index in [9.17, 15) is 4.79 Å². The SMILES string of the molecule is CCN(CC)c1ccc(C2c3c(c4ccccc4oc3=O)Oc3ncn4nc(-c5ccccc5Br)nc4c32)cc1. The van der Waals surface area contributed by atoms with Crippen LogP contribution in [0.25, 0.3) is 28.0 Å². The summed E-state index contributed by atoms with van der Waals surface area (Å²) in [4.78, 5) is 25.5. The summed E-state index contributed by atoms with van der Waals surface area (Å²) >= 11 is 3.61. The van der Waals surface area contributed by atoms with Gasteiger partial charge in [0.1, 0.15) is 11.9 Å². The molecule has 1 aliphatic rings. The molecule has 9 heteroatoms. The molecule has 0 radical (unpaired) electrons. The molecule has 1 atom stereocenters. The Hall–Kier alpha value is -4.50. The van der Waals surface area contributed by atoms with Crippen molar-refractivity contribution in [2.45, 2.75) is 19.8 Å². The molecule has 0 fully saturated rings. The first-order chi connectivity index (χ1) is 19.6. The molecule has 4 heterocycles. The van der Waals surface area contributed by atoms with Gasteiger partial charge in [0.15, 0.2) is 17.2 Å². The topological polar surface area (TPSA) is 85.8 Å². The van der Waals surface area contributed by atoms with Gasteiger partial charge in [-0.25, -0.2) is 19.3 Å². The van der Waals surface area contributed by atoms with Crippen molar-refractivity contribution >= 4 is 38.2 Å². The number of hydrogen-bond acceptors (Lipinski definition) is 7. The Bertz CT molecular complexity index is 1960. The smallest absolute Gasteiger partial charge is 0.344 e. The van der Waals surface area contributed by atoms with Crippen molar-refractivity contribution in [3.8, 4) is 23.0 Å². The quantitative estimate of drug-likeness (QED) is 0.203. The zero-order valence-electron chi connectivity index (χ0n) is 21.8. The highest BCUT2D eigenvalue weighted by Crippen LogP contribution is 2.49. The second-order valence-corrected chi connectivity index (χ2v) is 10.4. The fourth-order valence-electron chi connectivity index (χ4n) is 5.49. The van der Waals surface area contributed by atoms with Crippen LogP contribution in [0, 0.1) is 0 Å². The van der Waals surface area contributed by atoms with Gasteiger partial charge in [-0.1, -0.05) is 52.3 Å². The standard InChI is InChI=1S/C31H24BrN5O3/c1-3-36(4-2)19-15-13-18(14-16-19)24-25-27(21-10-6-8-12-23(21)39-31(25)38)40-30-26(24)29-34-28(35-37(29)17-33-30)20-9-5-7-11-22(20)32/h5-17,24H,3-4H2,1-2H3. The largest absolute Gasteiger partial charge is 0.437 e. The first-order valence-electron chi connectivity index (χ1n) is 13.2. The number of rotatable bonds is 5. The minimum Gasteiger partial charge on any atom is -0.437 e. The molecule has 1 aliphatic heterocycles. The van der Waals surface area contributed by atoms with E-state index in [1.807, 2.05) is 42.5 Å². The lowest BCUT2D eigenvalue weighted by Gasteiger charge is -2.28. The third-order valence-corrected chi connectivity index (χ3v) is 8.12. The third-order valence-electron chi connectivity index (χ3n) is 7.43. The van der Waals surface area contributed by atoms with Crippen molar-refractivity contribution in [1.29, 1.82) is 0 Å². The molecule has 6 aromatic rings. The average Bonchev–Trinajstić information content (AvgIpc) is 3.42. The predicted octanol–water partition coefficient (Wildman–Crippen LogP) is 6.79. The summed E-state index contributed by atoms with van der Waals surface area (Å²) in [7, 11) is 0. The summed E-state index contributed by atoms with van der Waals surface area (Å²) in [5, 5.41) is 5.43. The number of halogens is 1. The molecule has 0 N–H and O–H groups in total.